The van der Waals surface area contributed by atoms with Gasteiger partial charge in [0.2, 0.25) is 5.75 Å². The first-order chi connectivity index (χ1) is 9.73. The van der Waals surface area contributed by atoms with Crippen molar-refractivity contribution in [1.29, 1.82) is 0 Å². The lowest BCUT2D eigenvalue weighted by Crippen LogP contribution is -1.96. The number of methoxy groups -OCH3 is 3. The quantitative estimate of drug-likeness (QED) is 0.878. The number of aromatic nitrogens is 3. The predicted molar refractivity (Wildman–Crippen MR) is 75.5 cm³/mol. The molecule has 1 N–H and O–H groups in total. The van der Waals surface area contributed by atoms with Crippen molar-refractivity contribution < 1.29 is 14.2 Å². The third-order valence-electron chi connectivity index (χ3n) is 2.94. The van der Waals surface area contributed by atoms with E-state index in [0.717, 1.165) is 24.2 Å². The molecule has 0 bridgehead atoms. The van der Waals surface area contributed by atoms with Crippen molar-refractivity contribution >= 4 is 0 Å². The van der Waals surface area contributed by atoms with Gasteiger partial charge in [-0.1, -0.05) is 6.92 Å². The first-order valence-corrected chi connectivity index (χ1v) is 6.45. The molecule has 108 valence electrons. The Morgan fingerprint density at radius 2 is 1.70 bits per heavy atom. The Morgan fingerprint density at radius 1 is 1.05 bits per heavy atom. The van der Waals surface area contributed by atoms with Crippen LogP contribution in [0.15, 0.2) is 12.1 Å². The average molecular weight is 277 g/mol. The molecular weight excluding hydrogens is 258 g/mol. The summed E-state index contributed by atoms with van der Waals surface area (Å²) in [6.45, 7) is 2.10. The maximum absolute atomic E-state index is 5.32. The maximum atomic E-state index is 5.32. The van der Waals surface area contributed by atoms with E-state index in [1.54, 1.807) is 21.3 Å². The summed E-state index contributed by atoms with van der Waals surface area (Å²) in [6.07, 6.45) is 1.89. The molecule has 0 radical (unpaired) electrons. The zero-order valence-corrected chi connectivity index (χ0v) is 12.2. The summed E-state index contributed by atoms with van der Waals surface area (Å²) in [4.78, 5) is 4.46. The molecule has 1 aromatic carbocycles. The fourth-order valence-corrected chi connectivity index (χ4v) is 1.98. The third-order valence-corrected chi connectivity index (χ3v) is 2.94. The Labute approximate surface area is 118 Å². The fraction of sp³-hybridized carbons (Fsp3) is 0.429. The lowest BCUT2D eigenvalue weighted by atomic mass is 10.1. The Morgan fingerprint density at radius 3 is 2.20 bits per heavy atom. The lowest BCUT2D eigenvalue weighted by Gasteiger charge is -2.12. The molecule has 20 heavy (non-hydrogen) atoms. The van der Waals surface area contributed by atoms with Gasteiger partial charge >= 0.3 is 0 Å². The van der Waals surface area contributed by atoms with Gasteiger partial charge in [-0.15, -0.1) is 0 Å². The highest BCUT2D eigenvalue weighted by molar-refractivity contribution is 5.66. The monoisotopic (exact) mass is 277 g/mol. The van der Waals surface area contributed by atoms with Gasteiger partial charge in [-0.05, 0) is 18.6 Å². The smallest absolute Gasteiger partial charge is 0.203 e. The average Bonchev–Trinajstić information content (AvgIpc) is 2.94. The SMILES string of the molecule is CCCc1nc(-c2cc(OC)c(OC)c(OC)c2)n[nH]1. The van der Waals surface area contributed by atoms with Gasteiger partial charge in [-0.25, -0.2) is 4.98 Å². The van der Waals surface area contributed by atoms with Crippen LogP contribution in [-0.4, -0.2) is 36.5 Å². The first kappa shape index (κ1) is 14.2. The van der Waals surface area contributed by atoms with Crippen LogP contribution in [0.2, 0.25) is 0 Å². The van der Waals surface area contributed by atoms with Crippen LogP contribution < -0.4 is 14.2 Å². The molecule has 0 aliphatic rings. The number of rotatable bonds is 6. The lowest BCUT2D eigenvalue weighted by molar-refractivity contribution is 0.324. The minimum absolute atomic E-state index is 0.558. The van der Waals surface area contributed by atoms with Gasteiger partial charge in [0.15, 0.2) is 17.3 Å². The molecule has 0 atom stereocenters. The molecule has 1 aromatic heterocycles. The van der Waals surface area contributed by atoms with Crippen molar-refractivity contribution in [3.63, 3.8) is 0 Å². The summed E-state index contributed by atoms with van der Waals surface area (Å²) in [5.41, 5.74) is 0.818. The van der Waals surface area contributed by atoms with E-state index in [1.807, 2.05) is 12.1 Å². The third kappa shape index (κ3) is 2.68. The van der Waals surface area contributed by atoms with Gasteiger partial charge in [0.1, 0.15) is 5.82 Å². The molecule has 6 heteroatoms. The van der Waals surface area contributed by atoms with Crippen molar-refractivity contribution in [3.05, 3.63) is 18.0 Å². The highest BCUT2D eigenvalue weighted by Crippen LogP contribution is 2.40. The molecule has 0 spiro atoms. The fourth-order valence-electron chi connectivity index (χ4n) is 1.98. The van der Waals surface area contributed by atoms with Crippen molar-refractivity contribution in [2.75, 3.05) is 21.3 Å². The number of aryl methyl sites for hydroxylation is 1. The molecule has 0 fully saturated rings. The summed E-state index contributed by atoms with van der Waals surface area (Å²) in [6, 6.07) is 3.67. The van der Waals surface area contributed by atoms with E-state index in [1.165, 1.54) is 0 Å². The Bertz CT molecular complexity index is 556. The van der Waals surface area contributed by atoms with Crippen molar-refractivity contribution in [3.8, 4) is 28.6 Å². The minimum Gasteiger partial charge on any atom is -0.493 e. The predicted octanol–water partition coefficient (Wildman–Crippen LogP) is 2.45. The van der Waals surface area contributed by atoms with Crippen LogP contribution in [-0.2, 0) is 6.42 Å². The van der Waals surface area contributed by atoms with E-state index in [-0.39, 0.29) is 0 Å². The highest BCUT2D eigenvalue weighted by Gasteiger charge is 2.16. The molecule has 2 aromatic rings. The van der Waals surface area contributed by atoms with E-state index >= 15 is 0 Å². The normalized spacial score (nSPS) is 10.4. The zero-order chi connectivity index (χ0) is 14.5. The van der Waals surface area contributed by atoms with Crippen LogP contribution in [0.25, 0.3) is 11.4 Å². The Kier molecular flexibility index (Phi) is 4.45. The van der Waals surface area contributed by atoms with Crippen LogP contribution in [0, 0.1) is 0 Å². The summed E-state index contributed by atoms with van der Waals surface area (Å²) in [5.74, 6) is 3.22. The molecule has 0 amide bonds. The van der Waals surface area contributed by atoms with Gasteiger partial charge < -0.3 is 14.2 Å². The topological polar surface area (TPSA) is 69.3 Å². The van der Waals surface area contributed by atoms with Crippen molar-refractivity contribution in [2.24, 2.45) is 0 Å². The van der Waals surface area contributed by atoms with E-state index in [4.69, 9.17) is 14.2 Å². The van der Waals surface area contributed by atoms with Crippen LogP contribution in [0.1, 0.15) is 19.2 Å². The highest BCUT2D eigenvalue weighted by atomic mass is 16.5. The number of ether oxygens (including phenoxy) is 3. The van der Waals surface area contributed by atoms with E-state index < -0.39 is 0 Å². The standard InChI is InChI=1S/C14H19N3O3/c1-5-6-12-15-14(17-16-12)9-7-10(18-2)13(20-4)11(8-9)19-3/h7-8H,5-6H2,1-4H3,(H,15,16,17). The molecular formula is C14H19N3O3. The summed E-state index contributed by atoms with van der Waals surface area (Å²) in [5, 5.41) is 7.16. The number of H-pyrrole nitrogens is 1. The first-order valence-electron chi connectivity index (χ1n) is 6.45. The Balaban J connectivity index is 2.45. The van der Waals surface area contributed by atoms with Gasteiger partial charge in [-0.3, -0.25) is 5.10 Å². The summed E-state index contributed by atoms with van der Waals surface area (Å²) in [7, 11) is 4.75. The molecule has 0 saturated carbocycles. The van der Waals surface area contributed by atoms with Gasteiger partial charge in [0, 0.05) is 12.0 Å². The van der Waals surface area contributed by atoms with Crippen LogP contribution in [0.3, 0.4) is 0 Å². The largest absolute Gasteiger partial charge is 0.493 e. The molecule has 0 unspecified atom stereocenters. The molecule has 0 aliphatic heterocycles. The molecule has 6 nitrogen and oxygen atoms in total. The number of nitrogens with zero attached hydrogens (tertiary/aromatic N) is 2. The minimum atomic E-state index is 0.558. The molecule has 1 heterocycles. The van der Waals surface area contributed by atoms with Crippen LogP contribution >= 0.6 is 0 Å². The van der Waals surface area contributed by atoms with Gasteiger partial charge in [0.05, 0.1) is 21.3 Å². The van der Waals surface area contributed by atoms with Gasteiger partial charge in [0.25, 0.3) is 0 Å². The van der Waals surface area contributed by atoms with Crippen molar-refractivity contribution in [2.45, 2.75) is 19.8 Å². The molecule has 0 saturated heterocycles. The second kappa shape index (κ2) is 6.27. The van der Waals surface area contributed by atoms with E-state index in [2.05, 4.69) is 22.1 Å². The molecule has 0 aliphatic carbocycles. The number of benzene rings is 1. The summed E-state index contributed by atoms with van der Waals surface area (Å²) >= 11 is 0. The van der Waals surface area contributed by atoms with E-state index in [9.17, 15) is 0 Å². The zero-order valence-electron chi connectivity index (χ0n) is 12.2. The number of hydrogen-bond donors (Lipinski definition) is 1. The second-order valence-corrected chi connectivity index (χ2v) is 4.27. The van der Waals surface area contributed by atoms with Crippen molar-refractivity contribution in [1.82, 2.24) is 15.2 Å². The van der Waals surface area contributed by atoms with E-state index in [0.29, 0.717) is 23.1 Å². The number of hydrogen-bond acceptors (Lipinski definition) is 5. The molecule has 2 rings (SSSR count). The maximum Gasteiger partial charge on any atom is 0.203 e. The van der Waals surface area contributed by atoms with Crippen LogP contribution in [0.4, 0.5) is 0 Å². The number of nitrogens with one attached hydrogen (secondary N) is 1. The van der Waals surface area contributed by atoms with Gasteiger partial charge in [-0.2, -0.15) is 5.10 Å². The Hall–Kier alpha value is -2.24. The number of aromatic amines is 1. The second-order valence-electron chi connectivity index (χ2n) is 4.27. The summed E-state index contributed by atoms with van der Waals surface area (Å²) < 4.78 is 15.9. The van der Waals surface area contributed by atoms with Crippen LogP contribution in [0.5, 0.6) is 17.2 Å².